The molecule has 4 rings (SSSR count). The van der Waals surface area contributed by atoms with Crippen LogP contribution in [0.1, 0.15) is 12.3 Å². The molecule has 0 bridgehead atoms. The van der Waals surface area contributed by atoms with E-state index < -0.39 is 21.7 Å². The molecule has 7 nitrogen and oxygen atoms in total. The smallest absolute Gasteiger partial charge is 0.243 e. The molecule has 0 aliphatic carbocycles. The van der Waals surface area contributed by atoms with Crippen molar-refractivity contribution in [1.82, 2.24) is 14.2 Å². The van der Waals surface area contributed by atoms with Gasteiger partial charge in [0.25, 0.3) is 0 Å². The first-order valence-corrected chi connectivity index (χ1v) is 11.5. The third-order valence-electron chi connectivity index (χ3n) is 5.27. The monoisotopic (exact) mass is 461 g/mol. The number of carbonyl (C=O) groups excluding carboxylic acids is 1. The largest absolute Gasteiger partial charge is 0.441 e. The van der Waals surface area contributed by atoms with Crippen molar-refractivity contribution in [2.75, 3.05) is 26.2 Å². The summed E-state index contributed by atoms with van der Waals surface area (Å²) in [5.41, 5.74) is 0.299. The summed E-state index contributed by atoms with van der Waals surface area (Å²) < 4.78 is 59.5. The molecule has 2 aromatic carbocycles. The molecule has 1 fully saturated rings. The van der Waals surface area contributed by atoms with Crippen LogP contribution >= 0.6 is 0 Å². The number of aryl methyl sites for hydroxylation is 1. The second-order valence-electron chi connectivity index (χ2n) is 7.34. The van der Waals surface area contributed by atoms with Gasteiger partial charge in [-0.15, -0.1) is 0 Å². The van der Waals surface area contributed by atoms with Gasteiger partial charge in [-0.05, 0) is 30.3 Å². The van der Waals surface area contributed by atoms with E-state index in [0.29, 0.717) is 17.2 Å². The van der Waals surface area contributed by atoms with Crippen molar-refractivity contribution in [3.8, 4) is 11.3 Å². The topological polar surface area (TPSA) is 83.7 Å². The summed E-state index contributed by atoms with van der Waals surface area (Å²) in [5.74, 6) is -0.578. The van der Waals surface area contributed by atoms with E-state index >= 15 is 0 Å². The Morgan fingerprint density at radius 3 is 2.50 bits per heavy atom. The Morgan fingerprint density at radius 1 is 1.03 bits per heavy atom. The van der Waals surface area contributed by atoms with E-state index in [2.05, 4.69) is 4.98 Å². The summed E-state index contributed by atoms with van der Waals surface area (Å²) >= 11 is 0. The number of amides is 1. The molecule has 0 N–H and O–H groups in total. The van der Waals surface area contributed by atoms with Crippen LogP contribution in [0.3, 0.4) is 0 Å². The lowest BCUT2D eigenvalue weighted by Crippen LogP contribution is -2.50. The lowest BCUT2D eigenvalue weighted by Gasteiger charge is -2.34. The van der Waals surface area contributed by atoms with Crippen molar-refractivity contribution in [3.05, 3.63) is 72.3 Å². The maximum Gasteiger partial charge on any atom is 0.243 e. The molecule has 1 saturated heterocycles. The molecule has 0 saturated carbocycles. The minimum absolute atomic E-state index is 0.105. The fourth-order valence-electron chi connectivity index (χ4n) is 3.54. The minimum Gasteiger partial charge on any atom is -0.441 e. The highest BCUT2D eigenvalue weighted by molar-refractivity contribution is 7.89. The molecule has 10 heteroatoms. The standard InChI is InChI=1S/C22H21F2N3O4S/c23-16-4-3-5-17(14-16)32(29,30)27-12-10-26(11-13-27)22(28)9-8-21-25-15-20(31-21)18-6-1-2-7-19(18)24/h1-7,14-15H,8-13H2. The van der Waals surface area contributed by atoms with Crippen molar-refractivity contribution in [3.63, 3.8) is 0 Å². The predicted molar refractivity (Wildman–Crippen MR) is 112 cm³/mol. The lowest BCUT2D eigenvalue weighted by atomic mass is 10.2. The molecule has 2 heterocycles. The van der Waals surface area contributed by atoms with Crippen LogP contribution < -0.4 is 0 Å². The Balaban J connectivity index is 1.31. The molecule has 1 amide bonds. The quantitative estimate of drug-likeness (QED) is 0.563. The van der Waals surface area contributed by atoms with Gasteiger partial charge < -0.3 is 9.32 Å². The van der Waals surface area contributed by atoms with Gasteiger partial charge in [0.05, 0.1) is 16.7 Å². The molecule has 0 unspecified atom stereocenters. The molecule has 32 heavy (non-hydrogen) atoms. The van der Waals surface area contributed by atoms with Crippen LogP contribution in [0.4, 0.5) is 8.78 Å². The summed E-state index contributed by atoms with van der Waals surface area (Å²) in [6, 6.07) is 11.1. The Bertz CT molecular complexity index is 1220. The summed E-state index contributed by atoms with van der Waals surface area (Å²) in [5, 5.41) is 0. The van der Waals surface area contributed by atoms with Crippen LogP contribution in [0.2, 0.25) is 0 Å². The third kappa shape index (κ3) is 4.71. The highest BCUT2D eigenvalue weighted by Gasteiger charge is 2.30. The highest BCUT2D eigenvalue weighted by atomic mass is 32.2. The summed E-state index contributed by atoms with van der Waals surface area (Å²) in [4.78, 5) is 18.1. The maximum absolute atomic E-state index is 13.9. The zero-order valence-electron chi connectivity index (χ0n) is 17.1. The van der Waals surface area contributed by atoms with Crippen molar-refractivity contribution in [2.24, 2.45) is 0 Å². The van der Waals surface area contributed by atoms with Crippen LogP contribution in [-0.2, 0) is 21.2 Å². The first-order valence-electron chi connectivity index (χ1n) is 10.1. The number of aromatic nitrogens is 1. The Hall–Kier alpha value is -3.11. The summed E-state index contributed by atoms with van der Waals surface area (Å²) in [6.45, 7) is 0.723. The minimum atomic E-state index is -3.82. The number of rotatable bonds is 6. The first-order chi connectivity index (χ1) is 15.3. The number of nitrogens with zero attached hydrogens (tertiary/aromatic N) is 3. The van der Waals surface area contributed by atoms with Crippen molar-refractivity contribution >= 4 is 15.9 Å². The van der Waals surface area contributed by atoms with Gasteiger partial charge in [-0.3, -0.25) is 4.79 Å². The number of sulfonamides is 1. The molecular formula is C22H21F2N3O4S. The van der Waals surface area contributed by atoms with Gasteiger partial charge in [0.2, 0.25) is 15.9 Å². The van der Waals surface area contributed by atoms with E-state index in [9.17, 15) is 22.0 Å². The van der Waals surface area contributed by atoms with E-state index in [1.165, 1.54) is 34.8 Å². The first kappa shape index (κ1) is 22.1. The van der Waals surface area contributed by atoms with Crippen LogP contribution in [0.5, 0.6) is 0 Å². The average molecular weight is 461 g/mol. The molecule has 0 spiro atoms. The van der Waals surface area contributed by atoms with Gasteiger partial charge in [-0.2, -0.15) is 4.31 Å². The number of oxazole rings is 1. The zero-order valence-corrected chi connectivity index (χ0v) is 17.9. The van der Waals surface area contributed by atoms with Gasteiger partial charge >= 0.3 is 0 Å². The predicted octanol–water partition coefficient (Wildman–Crippen LogP) is 3.09. The second kappa shape index (κ2) is 9.17. The van der Waals surface area contributed by atoms with Crippen LogP contribution in [-0.4, -0.2) is 54.7 Å². The van der Waals surface area contributed by atoms with E-state index in [1.54, 1.807) is 23.1 Å². The molecule has 3 aromatic rings. The Kier molecular flexibility index (Phi) is 6.33. The van der Waals surface area contributed by atoms with Crippen LogP contribution in [0.25, 0.3) is 11.3 Å². The number of carbonyl (C=O) groups is 1. The highest BCUT2D eigenvalue weighted by Crippen LogP contribution is 2.24. The van der Waals surface area contributed by atoms with Gasteiger partial charge in [-0.25, -0.2) is 22.2 Å². The van der Waals surface area contributed by atoms with E-state index in [4.69, 9.17) is 4.42 Å². The zero-order chi connectivity index (χ0) is 22.7. The van der Waals surface area contributed by atoms with Gasteiger partial charge in [0.15, 0.2) is 11.7 Å². The molecule has 0 atom stereocenters. The van der Waals surface area contributed by atoms with E-state index in [0.717, 1.165) is 6.07 Å². The fraction of sp³-hybridized carbons (Fsp3) is 0.273. The number of hydrogen-bond acceptors (Lipinski definition) is 5. The lowest BCUT2D eigenvalue weighted by molar-refractivity contribution is -0.132. The average Bonchev–Trinajstić information content (AvgIpc) is 3.26. The summed E-state index contributed by atoms with van der Waals surface area (Å²) in [6.07, 6.45) is 1.80. The molecular weight excluding hydrogens is 440 g/mol. The normalized spacial score (nSPS) is 15.1. The number of hydrogen-bond donors (Lipinski definition) is 0. The van der Waals surface area contributed by atoms with Gasteiger partial charge in [0.1, 0.15) is 11.6 Å². The van der Waals surface area contributed by atoms with Crippen LogP contribution in [0.15, 0.2) is 64.0 Å². The van der Waals surface area contributed by atoms with E-state index in [1.807, 2.05) is 0 Å². The van der Waals surface area contributed by atoms with Crippen molar-refractivity contribution in [1.29, 1.82) is 0 Å². The fourth-order valence-corrected chi connectivity index (χ4v) is 4.99. The summed E-state index contributed by atoms with van der Waals surface area (Å²) in [7, 11) is -3.82. The molecule has 1 aliphatic rings. The molecule has 1 aromatic heterocycles. The third-order valence-corrected chi connectivity index (χ3v) is 7.17. The van der Waals surface area contributed by atoms with Crippen molar-refractivity contribution in [2.45, 2.75) is 17.7 Å². The Labute approximate surface area is 184 Å². The second-order valence-corrected chi connectivity index (χ2v) is 9.28. The van der Waals surface area contributed by atoms with Crippen LogP contribution in [0, 0.1) is 11.6 Å². The number of piperazine rings is 1. The molecule has 0 radical (unpaired) electrons. The number of halogens is 2. The Morgan fingerprint density at radius 2 is 1.78 bits per heavy atom. The number of benzene rings is 2. The molecule has 1 aliphatic heterocycles. The van der Waals surface area contributed by atoms with Gasteiger partial charge in [-0.1, -0.05) is 18.2 Å². The van der Waals surface area contributed by atoms with Crippen molar-refractivity contribution < 1.29 is 26.4 Å². The van der Waals surface area contributed by atoms with Gasteiger partial charge in [0, 0.05) is 39.0 Å². The maximum atomic E-state index is 13.9. The molecule has 168 valence electrons. The van der Waals surface area contributed by atoms with E-state index in [-0.39, 0.29) is 49.8 Å². The SMILES string of the molecule is O=C(CCc1ncc(-c2ccccc2F)o1)N1CCN(S(=O)(=O)c2cccc(F)c2)CC1.